The number of nitrogens with one attached hydrogen (secondary N) is 1. The third kappa shape index (κ3) is 4.17. The van der Waals surface area contributed by atoms with Gasteiger partial charge in [-0.1, -0.05) is 17.7 Å². The fourth-order valence-corrected chi connectivity index (χ4v) is 4.83. The molecule has 1 aromatic rings. The third-order valence-corrected chi connectivity index (χ3v) is 6.69. The Labute approximate surface area is 157 Å². The predicted octanol–water partition coefficient (Wildman–Crippen LogP) is 0.588. The van der Waals surface area contributed by atoms with E-state index in [1.807, 2.05) is 0 Å². The van der Waals surface area contributed by atoms with E-state index >= 15 is 0 Å². The molecular weight excluding hydrogens is 380 g/mol. The summed E-state index contributed by atoms with van der Waals surface area (Å²) in [5.74, 6) is -0.201. The van der Waals surface area contributed by atoms with Crippen molar-refractivity contribution in [1.82, 2.24) is 19.4 Å². The summed E-state index contributed by atoms with van der Waals surface area (Å²) in [5.41, 5.74) is 0. The standard InChI is InChI=1S/C16H21ClN4O4S/c17-13-3-1-4-14(11-13)26(24,25)20-9-7-19(8-10-20)5-2-6-21-15(22)12-18-16(21)23/h1,3-4,11H,2,5-10,12H2,(H,18,23). The van der Waals surface area contributed by atoms with Crippen molar-refractivity contribution in [2.45, 2.75) is 11.3 Å². The van der Waals surface area contributed by atoms with Crippen LogP contribution in [-0.2, 0) is 14.8 Å². The molecule has 0 spiro atoms. The van der Waals surface area contributed by atoms with Gasteiger partial charge in [-0.3, -0.25) is 9.69 Å². The summed E-state index contributed by atoms with van der Waals surface area (Å²) in [6, 6.07) is 5.94. The van der Waals surface area contributed by atoms with Crippen molar-refractivity contribution in [2.75, 3.05) is 45.8 Å². The van der Waals surface area contributed by atoms with E-state index in [0.717, 1.165) is 0 Å². The highest BCUT2D eigenvalue weighted by Crippen LogP contribution is 2.20. The maximum atomic E-state index is 12.7. The Balaban J connectivity index is 1.48. The Bertz CT molecular complexity index is 777. The zero-order valence-electron chi connectivity index (χ0n) is 14.2. The molecule has 2 fully saturated rings. The van der Waals surface area contributed by atoms with E-state index in [1.54, 1.807) is 18.2 Å². The number of rotatable bonds is 6. The summed E-state index contributed by atoms with van der Waals surface area (Å²) in [7, 11) is -3.54. The quantitative estimate of drug-likeness (QED) is 0.706. The molecule has 0 aromatic heterocycles. The van der Waals surface area contributed by atoms with Gasteiger partial charge in [0.2, 0.25) is 15.9 Å². The number of hydrogen-bond acceptors (Lipinski definition) is 5. The fraction of sp³-hybridized carbons (Fsp3) is 0.500. The number of nitrogens with zero attached hydrogens (tertiary/aromatic N) is 3. The van der Waals surface area contributed by atoms with E-state index in [4.69, 9.17) is 11.6 Å². The summed E-state index contributed by atoms with van der Waals surface area (Å²) in [6.45, 7) is 3.18. The normalized spacial score (nSPS) is 19.8. The molecule has 8 nitrogen and oxygen atoms in total. The lowest BCUT2D eigenvalue weighted by Gasteiger charge is -2.34. The lowest BCUT2D eigenvalue weighted by Crippen LogP contribution is -2.49. The maximum Gasteiger partial charge on any atom is 0.324 e. The Morgan fingerprint density at radius 1 is 1.08 bits per heavy atom. The van der Waals surface area contributed by atoms with Crippen LogP contribution in [0.1, 0.15) is 6.42 Å². The molecule has 2 saturated heterocycles. The van der Waals surface area contributed by atoms with Crippen LogP contribution in [0.15, 0.2) is 29.2 Å². The Hall–Kier alpha value is -1.68. The van der Waals surface area contributed by atoms with Gasteiger partial charge in [0, 0.05) is 37.7 Å². The Morgan fingerprint density at radius 3 is 2.42 bits per heavy atom. The van der Waals surface area contributed by atoms with E-state index in [-0.39, 0.29) is 23.4 Å². The first-order chi connectivity index (χ1) is 12.4. The van der Waals surface area contributed by atoms with Gasteiger partial charge in [-0.25, -0.2) is 13.2 Å². The van der Waals surface area contributed by atoms with Gasteiger partial charge >= 0.3 is 6.03 Å². The highest BCUT2D eigenvalue weighted by atomic mass is 35.5. The molecule has 2 heterocycles. The monoisotopic (exact) mass is 400 g/mol. The predicted molar refractivity (Wildman–Crippen MR) is 96.4 cm³/mol. The molecule has 1 aromatic carbocycles. The molecule has 0 unspecified atom stereocenters. The number of urea groups is 1. The van der Waals surface area contributed by atoms with Crippen molar-refractivity contribution >= 4 is 33.6 Å². The summed E-state index contributed by atoms with van der Waals surface area (Å²) < 4.78 is 26.8. The van der Waals surface area contributed by atoms with Crippen LogP contribution in [0.4, 0.5) is 4.79 Å². The van der Waals surface area contributed by atoms with Crippen molar-refractivity contribution in [3.8, 4) is 0 Å². The average Bonchev–Trinajstić information content (AvgIpc) is 2.94. The van der Waals surface area contributed by atoms with Crippen LogP contribution in [0.3, 0.4) is 0 Å². The first kappa shape index (κ1) is 19.1. The Kier molecular flexibility index (Phi) is 5.81. The van der Waals surface area contributed by atoms with Gasteiger partial charge in [0.25, 0.3) is 0 Å². The van der Waals surface area contributed by atoms with Gasteiger partial charge in [-0.2, -0.15) is 4.31 Å². The van der Waals surface area contributed by atoms with Crippen molar-refractivity contribution in [3.05, 3.63) is 29.3 Å². The lowest BCUT2D eigenvalue weighted by molar-refractivity contribution is -0.125. The van der Waals surface area contributed by atoms with Crippen LogP contribution in [-0.4, -0.2) is 80.3 Å². The molecule has 1 N–H and O–H groups in total. The van der Waals surface area contributed by atoms with E-state index in [2.05, 4.69) is 10.2 Å². The van der Waals surface area contributed by atoms with Crippen molar-refractivity contribution < 1.29 is 18.0 Å². The minimum absolute atomic E-state index is 0.0683. The zero-order valence-corrected chi connectivity index (χ0v) is 15.8. The number of carbonyl (C=O) groups excluding carboxylic acids is 2. The molecule has 2 aliphatic rings. The second-order valence-electron chi connectivity index (χ2n) is 6.26. The smallest absolute Gasteiger partial charge is 0.324 e. The topological polar surface area (TPSA) is 90.0 Å². The number of benzene rings is 1. The zero-order chi connectivity index (χ0) is 18.7. The molecule has 142 valence electrons. The number of sulfonamides is 1. The van der Waals surface area contributed by atoms with Crippen LogP contribution in [0.25, 0.3) is 0 Å². The summed E-state index contributed by atoms with van der Waals surface area (Å²) in [6.07, 6.45) is 0.667. The number of hydrogen-bond donors (Lipinski definition) is 1. The van der Waals surface area contributed by atoms with Crippen LogP contribution in [0, 0.1) is 0 Å². The average molecular weight is 401 g/mol. The first-order valence-electron chi connectivity index (χ1n) is 8.44. The largest absolute Gasteiger partial charge is 0.329 e. The summed E-state index contributed by atoms with van der Waals surface area (Å²) in [5, 5.41) is 2.88. The second kappa shape index (κ2) is 7.91. The molecule has 0 saturated carbocycles. The van der Waals surface area contributed by atoms with Crippen molar-refractivity contribution in [3.63, 3.8) is 0 Å². The van der Waals surface area contributed by atoms with Gasteiger partial charge in [0.15, 0.2) is 0 Å². The van der Waals surface area contributed by atoms with Gasteiger partial charge in [-0.15, -0.1) is 0 Å². The van der Waals surface area contributed by atoms with E-state index in [0.29, 0.717) is 50.7 Å². The summed E-state index contributed by atoms with van der Waals surface area (Å²) in [4.78, 5) is 26.6. The van der Waals surface area contributed by atoms with E-state index in [9.17, 15) is 18.0 Å². The van der Waals surface area contributed by atoms with Crippen LogP contribution in [0.2, 0.25) is 5.02 Å². The number of imide groups is 1. The molecule has 3 rings (SSSR count). The van der Waals surface area contributed by atoms with Gasteiger partial charge in [0.1, 0.15) is 0 Å². The summed E-state index contributed by atoms with van der Waals surface area (Å²) >= 11 is 5.90. The molecule has 0 bridgehead atoms. The molecular formula is C16H21ClN4O4S. The molecule has 3 amide bonds. The van der Waals surface area contributed by atoms with Crippen LogP contribution >= 0.6 is 11.6 Å². The SMILES string of the molecule is O=C1CNC(=O)N1CCCN1CCN(S(=O)(=O)c2cccc(Cl)c2)CC1. The van der Waals surface area contributed by atoms with Crippen molar-refractivity contribution in [1.29, 1.82) is 0 Å². The molecule has 0 aliphatic carbocycles. The maximum absolute atomic E-state index is 12.7. The lowest BCUT2D eigenvalue weighted by atomic mass is 10.3. The number of piperazine rings is 1. The second-order valence-corrected chi connectivity index (χ2v) is 8.64. The van der Waals surface area contributed by atoms with Gasteiger partial charge < -0.3 is 10.2 Å². The minimum atomic E-state index is -3.54. The number of amides is 3. The third-order valence-electron chi connectivity index (χ3n) is 4.56. The minimum Gasteiger partial charge on any atom is -0.329 e. The Morgan fingerprint density at radius 2 is 1.81 bits per heavy atom. The molecule has 26 heavy (non-hydrogen) atoms. The first-order valence-corrected chi connectivity index (χ1v) is 10.3. The van der Waals surface area contributed by atoms with E-state index < -0.39 is 10.0 Å². The molecule has 0 radical (unpaired) electrons. The molecule has 0 atom stereocenters. The van der Waals surface area contributed by atoms with E-state index in [1.165, 1.54) is 15.3 Å². The van der Waals surface area contributed by atoms with Gasteiger partial charge in [-0.05, 0) is 31.2 Å². The highest BCUT2D eigenvalue weighted by molar-refractivity contribution is 7.89. The van der Waals surface area contributed by atoms with Gasteiger partial charge in [0.05, 0.1) is 11.4 Å². The van der Waals surface area contributed by atoms with Crippen LogP contribution < -0.4 is 5.32 Å². The highest BCUT2D eigenvalue weighted by Gasteiger charge is 2.30. The van der Waals surface area contributed by atoms with Crippen LogP contribution in [0.5, 0.6) is 0 Å². The number of carbonyl (C=O) groups is 2. The number of halogens is 1. The fourth-order valence-electron chi connectivity index (χ4n) is 3.10. The molecule has 2 aliphatic heterocycles. The molecule has 10 heteroatoms. The van der Waals surface area contributed by atoms with Crippen molar-refractivity contribution in [2.24, 2.45) is 0 Å².